The minimum atomic E-state index is -0.930. The van der Waals surface area contributed by atoms with Gasteiger partial charge in [0.2, 0.25) is 0 Å². The van der Waals surface area contributed by atoms with Crippen LogP contribution in [0.1, 0.15) is 16.1 Å². The van der Waals surface area contributed by atoms with Crippen LogP contribution in [0.4, 0.5) is 0 Å². The lowest BCUT2D eigenvalue weighted by Gasteiger charge is -2.24. The Hall–Kier alpha value is -1.46. The third-order valence-corrected chi connectivity index (χ3v) is 4.11. The minimum absolute atomic E-state index is 0.290. The van der Waals surface area contributed by atoms with E-state index in [1.165, 1.54) is 0 Å². The first-order chi connectivity index (χ1) is 8.75. The summed E-state index contributed by atoms with van der Waals surface area (Å²) in [6.45, 7) is 1.49. The van der Waals surface area contributed by atoms with Crippen molar-refractivity contribution in [2.24, 2.45) is 0 Å². The van der Waals surface area contributed by atoms with Crippen LogP contribution >= 0.6 is 11.8 Å². The van der Waals surface area contributed by atoms with E-state index in [9.17, 15) is 9.90 Å². The molecule has 0 saturated carbocycles. The second kappa shape index (κ2) is 4.66. The standard InChI is InChI=1S/C13H12O4S/c14-13(15)12-9-3-1-2-4-10(9)17-11(12)7-18-8-5-16-6-8/h1-4,8H,5-7H2,(H,14,15). The molecule has 0 radical (unpaired) electrons. The molecule has 0 spiro atoms. The van der Waals surface area contributed by atoms with Gasteiger partial charge in [-0.05, 0) is 6.07 Å². The van der Waals surface area contributed by atoms with Crippen LogP contribution < -0.4 is 0 Å². The van der Waals surface area contributed by atoms with Gasteiger partial charge >= 0.3 is 5.97 Å². The van der Waals surface area contributed by atoms with Crippen molar-refractivity contribution in [2.45, 2.75) is 11.0 Å². The number of para-hydroxylation sites is 1. The fourth-order valence-electron chi connectivity index (χ4n) is 1.94. The maximum absolute atomic E-state index is 11.3. The zero-order chi connectivity index (χ0) is 12.5. The van der Waals surface area contributed by atoms with E-state index < -0.39 is 5.97 Å². The molecular formula is C13H12O4S. The van der Waals surface area contributed by atoms with E-state index >= 15 is 0 Å². The molecule has 94 valence electrons. The fourth-order valence-corrected chi connectivity index (χ4v) is 2.91. The molecule has 1 aliphatic heterocycles. The Bertz CT molecular complexity index is 586. The van der Waals surface area contributed by atoms with Crippen LogP contribution in [0, 0.1) is 0 Å². The molecule has 0 atom stereocenters. The number of fused-ring (bicyclic) bond motifs is 1. The van der Waals surface area contributed by atoms with Crippen LogP contribution in [0.2, 0.25) is 0 Å². The molecule has 3 rings (SSSR count). The first-order valence-electron chi connectivity index (χ1n) is 5.69. The molecule has 18 heavy (non-hydrogen) atoms. The Morgan fingerprint density at radius 3 is 2.83 bits per heavy atom. The lowest BCUT2D eigenvalue weighted by atomic mass is 10.1. The van der Waals surface area contributed by atoms with Crippen molar-refractivity contribution >= 4 is 28.7 Å². The summed E-state index contributed by atoms with van der Waals surface area (Å²) >= 11 is 1.68. The molecule has 1 aliphatic rings. The van der Waals surface area contributed by atoms with E-state index in [1.807, 2.05) is 12.1 Å². The summed E-state index contributed by atoms with van der Waals surface area (Å²) in [5.74, 6) is 0.186. The molecule has 1 aromatic heterocycles. The van der Waals surface area contributed by atoms with Crippen LogP contribution in [0.15, 0.2) is 28.7 Å². The SMILES string of the molecule is O=C(O)c1c(CSC2COC2)oc2ccccc12. The molecule has 0 aliphatic carbocycles. The summed E-state index contributed by atoms with van der Waals surface area (Å²) < 4.78 is 10.7. The monoisotopic (exact) mass is 264 g/mol. The van der Waals surface area contributed by atoms with Crippen molar-refractivity contribution in [1.29, 1.82) is 0 Å². The van der Waals surface area contributed by atoms with Crippen molar-refractivity contribution in [1.82, 2.24) is 0 Å². The first-order valence-corrected chi connectivity index (χ1v) is 6.73. The molecule has 2 heterocycles. The number of thioether (sulfide) groups is 1. The number of carbonyl (C=O) groups is 1. The zero-order valence-electron chi connectivity index (χ0n) is 9.59. The van der Waals surface area contributed by atoms with Gasteiger partial charge in [0.1, 0.15) is 16.9 Å². The largest absolute Gasteiger partial charge is 0.478 e. The van der Waals surface area contributed by atoms with Gasteiger partial charge in [-0.15, -0.1) is 11.8 Å². The van der Waals surface area contributed by atoms with Gasteiger partial charge in [-0.3, -0.25) is 0 Å². The summed E-state index contributed by atoms with van der Waals surface area (Å²) in [5, 5.41) is 10.4. The summed E-state index contributed by atoms with van der Waals surface area (Å²) in [5.41, 5.74) is 0.925. The Morgan fingerprint density at radius 1 is 1.39 bits per heavy atom. The number of furan rings is 1. The predicted octanol–water partition coefficient (Wildman–Crippen LogP) is 2.76. The van der Waals surface area contributed by atoms with Gasteiger partial charge in [-0.25, -0.2) is 4.79 Å². The highest BCUT2D eigenvalue weighted by Gasteiger charge is 2.23. The van der Waals surface area contributed by atoms with E-state index in [2.05, 4.69) is 0 Å². The summed E-state index contributed by atoms with van der Waals surface area (Å²) in [6, 6.07) is 7.24. The molecule has 0 bridgehead atoms. The lowest BCUT2D eigenvalue weighted by Crippen LogP contribution is -2.30. The van der Waals surface area contributed by atoms with Gasteiger partial charge in [-0.1, -0.05) is 18.2 Å². The number of hydrogen-bond acceptors (Lipinski definition) is 4. The summed E-state index contributed by atoms with van der Waals surface area (Å²) in [4.78, 5) is 11.3. The lowest BCUT2D eigenvalue weighted by molar-refractivity contribution is 0.0454. The van der Waals surface area contributed by atoms with Gasteiger partial charge in [-0.2, -0.15) is 0 Å². The van der Waals surface area contributed by atoms with E-state index in [1.54, 1.807) is 23.9 Å². The molecule has 1 N–H and O–H groups in total. The highest BCUT2D eigenvalue weighted by Crippen LogP contribution is 2.31. The first kappa shape index (κ1) is 11.6. The highest BCUT2D eigenvalue weighted by molar-refractivity contribution is 7.99. The van der Waals surface area contributed by atoms with Crippen molar-refractivity contribution in [3.05, 3.63) is 35.6 Å². The van der Waals surface area contributed by atoms with Crippen molar-refractivity contribution < 1.29 is 19.1 Å². The molecule has 5 heteroatoms. The second-order valence-corrected chi connectivity index (χ2v) is 5.46. The molecule has 4 nitrogen and oxygen atoms in total. The van der Waals surface area contributed by atoms with Gasteiger partial charge in [0, 0.05) is 5.39 Å². The zero-order valence-corrected chi connectivity index (χ0v) is 10.4. The maximum Gasteiger partial charge on any atom is 0.339 e. The van der Waals surface area contributed by atoms with E-state index in [0.717, 1.165) is 13.2 Å². The van der Waals surface area contributed by atoms with Gasteiger partial charge in [0.15, 0.2) is 0 Å². The van der Waals surface area contributed by atoms with Gasteiger partial charge < -0.3 is 14.3 Å². The Morgan fingerprint density at radius 2 is 2.17 bits per heavy atom. The van der Waals surface area contributed by atoms with Gasteiger partial charge in [0.05, 0.1) is 24.2 Å². The number of hydrogen-bond donors (Lipinski definition) is 1. The normalized spacial score (nSPS) is 15.8. The average molecular weight is 264 g/mol. The van der Waals surface area contributed by atoms with Crippen molar-refractivity contribution in [3.8, 4) is 0 Å². The average Bonchev–Trinajstić information content (AvgIpc) is 2.65. The number of carboxylic acid groups (broad SMARTS) is 1. The topological polar surface area (TPSA) is 59.7 Å². The third-order valence-electron chi connectivity index (χ3n) is 2.94. The van der Waals surface area contributed by atoms with Crippen molar-refractivity contribution in [2.75, 3.05) is 13.2 Å². The third kappa shape index (κ3) is 2.00. The predicted molar refractivity (Wildman–Crippen MR) is 69.1 cm³/mol. The summed E-state index contributed by atoms with van der Waals surface area (Å²) in [7, 11) is 0. The molecule has 1 aromatic carbocycles. The smallest absolute Gasteiger partial charge is 0.339 e. The van der Waals surface area contributed by atoms with Gasteiger partial charge in [0.25, 0.3) is 0 Å². The molecule has 1 saturated heterocycles. The molecule has 2 aromatic rings. The molecule has 1 fully saturated rings. The molecular weight excluding hydrogens is 252 g/mol. The molecule has 0 amide bonds. The Kier molecular flexibility index (Phi) is 3.01. The van der Waals surface area contributed by atoms with E-state index in [4.69, 9.17) is 9.15 Å². The van der Waals surface area contributed by atoms with Crippen LogP contribution in [0.5, 0.6) is 0 Å². The number of aromatic carboxylic acids is 1. The summed E-state index contributed by atoms with van der Waals surface area (Å²) in [6.07, 6.45) is 0. The Balaban J connectivity index is 1.93. The minimum Gasteiger partial charge on any atom is -0.478 e. The maximum atomic E-state index is 11.3. The number of benzene rings is 1. The Labute approximate surface area is 108 Å². The van der Waals surface area contributed by atoms with Crippen molar-refractivity contribution in [3.63, 3.8) is 0 Å². The van der Waals surface area contributed by atoms with Crippen LogP contribution in [0.25, 0.3) is 11.0 Å². The number of rotatable bonds is 4. The van der Waals surface area contributed by atoms with Crippen LogP contribution in [0.3, 0.4) is 0 Å². The number of carboxylic acids is 1. The van der Waals surface area contributed by atoms with Crippen LogP contribution in [-0.4, -0.2) is 29.5 Å². The number of ether oxygens (including phenoxy) is 1. The van der Waals surface area contributed by atoms with E-state index in [-0.39, 0.29) is 0 Å². The second-order valence-electron chi connectivity index (χ2n) is 4.17. The fraction of sp³-hybridized carbons (Fsp3) is 0.308. The van der Waals surface area contributed by atoms with E-state index in [0.29, 0.717) is 33.3 Å². The van der Waals surface area contributed by atoms with Crippen LogP contribution in [-0.2, 0) is 10.5 Å². The highest BCUT2D eigenvalue weighted by atomic mass is 32.2. The molecule has 0 unspecified atom stereocenters. The quantitative estimate of drug-likeness (QED) is 0.920.